The number of esters is 1. The number of carbonyl (C=O) groups is 1. The largest absolute Gasteiger partial charge is 0.457 e. The van der Waals surface area contributed by atoms with Crippen molar-refractivity contribution in [3.8, 4) is 0 Å². The first-order valence-electron chi connectivity index (χ1n) is 5.39. The number of carbonyl (C=O) groups excluding carboxylic acids is 1. The van der Waals surface area contributed by atoms with E-state index in [0.29, 0.717) is 10.9 Å². The van der Waals surface area contributed by atoms with Crippen molar-refractivity contribution in [3.63, 3.8) is 0 Å². The van der Waals surface area contributed by atoms with Crippen molar-refractivity contribution in [1.29, 1.82) is 0 Å². The fourth-order valence-electron chi connectivity index (χ4n) is 1.67. The standard InChI is InChI=1S/C13H13FO3/c1-7(2)16-13(15)11-8(3)9-5-4-6-10(14)12(9)17-11/h4-7H,1-3H3. The first kappa shape index (κ1) is 11.6. The zero-order valence-corrected chi connectivity index (χ0v) is 9.91. The van der Waals surface area contributed by atoms with Gasteiger partial charge in [0.05, 0.1) is 6.10 Å². The van der Waals surface area contributed by atoms with Crippen molar-refractivity contribution in [2.75, 3.05) is 0 Å². The van der Waals surface area contributed by atoms with Gasteiger partial charge >= 0.3 is 5.97 Å². The van der Waals surface area contributed by atoms with Crippen molar-refractivity contribution >= 4 is 16.9 Å². The molecule has 2 aromatic rings. The molecular formula is C13H13FO3. The van der Waals surface area contributed by atoms with Crippen molar-refractivity contribution < 1.29 is 18.3 Å². The molecular weight excluding hydrogens is 223 g/mol. The first-order valence-corrected chi connectivity index (χ1v) is 5.39. The molecule has 1 aromatic heterocycles. The smallest absolute Gasteiger partial charge is 0.374 e. The van der Waals surface area contributed by atoms with Crippen LogP contribution in [0, 0.1) is 12.7 Å². The van der Waals surface area contributed by atoms with Crippen LogP contribution in [0.5, 0.6) is 0 Å². The van der Waals surface area contributed by atoms with Crippen LogP contribution >= 0.6 is 0 Å². The number of rotatable bonds is 2. The van der Waals surface area contributed by atoms with Gasteiger partial charge in [-0.1, -0.05) is 12.1 Å². The van der Waals surface area contributed by atoms with Crippen molar-refractivity contribution in [2.24, 2.45) is 0 Å². The highest BCUT2D eigenvalue weighted by molar-refractivity contribution is 5.96. The third-order valence-electron chi connectivity index (χ3n) is 2.44. The summed E-state index contributed by atoms with van der Waals surface area (Å²) in [6, 6.07) is 4.59. The van der Waals surface area contributed by atoms with Gasteiger partial charge in [-0.25, -0.2) is 9.18 Å². The van der Waals surface area contributed by atoms with Gasteiger partial charge in [0.2, 0.25) is 5.76 Å². The molecule has 4 heteroatoms. The molecule has 0 radical (unpaired) electrons. The van der Waals surface area contributed by atoms with E-state index in [9.17, 15) is 9.18 Å². The van der Waals surface area contributed by atoms with Gasteiger partial charge in [-0.05, 0) is 26.8 Å². The molecule has 0 aliphatic rings. The molecule has 0 saturated heterocycles. The minimum atomic E-state index is -0.562. The van der Waals surface area contributed by atoms with E-state index in [1.165, 1.54) is 6.07 Å². The maximum Gasteiger partial charge on any atom is 0.374 e. The lowest BCUT2D eigenvalue weighted by atomic mass is 10.1. The Morgan fingerprint density at radius 3 is 2.71 bits per heavy atom. The number of hydrogen-bond donors (Lipinski definition) is 0. The van der Waals surface area contributed by atoms with Gasteiger partial charge in [0.1, 0.15) is 0 Å². The molecule has 90 valence electrons. The fraction of sp³-hybridized carbons (Fsp3) is 0.308. The molecule has 0 aliphatic heterocycles. The summed E-state index contributed by atoms with van der Waals surface area (Å²) < 4.78 is 23.7. The van der Waals surface area contributed by atoms with E-state index in [2.05, 4.69) is 0 Å². The highest BCUT2D eigenvalue weighted by Crippen LogP contribution is 2.27. The summed E-state index contributed by atoms with van der Waals surface area (Å²) in [4.78, 5) is 11.7. The second-order valence-electron chi connectivity index (χ2n) is 4.13. The van der Waals surface area contributed by atoms with Crippen LogP contribution in [0.25, 0.3) is 11.0 Å². The Labute approximate surface area is 98.2 Å². The Kier molecular flexibility index (Phi) is 2.88. The third-order valence-corrected chi connectivity index (χ3v) is 2.44. The van der Waals surface area contributed by atoms with E-state index in [0.717, 1.165) is 0 Å². The molecule has 0 saturated carbocycles. The van der Waals surface area contributed by atoms with Crippen molar-refractivity contribution in [1.82, 2.24) is 0 Å². The van der Waals surface area contributed by atoms with Gasteiger partial charge in [0, 0.05) is 10.9 Å². The Morgan fingerprint density at radius 1 is 1.41 bits per heavy atom. The Bertz CT molecular complexity index is 569. The monoisotopic (exact) mass is 236 g/mol. The zero-order chi connectivity index (χ0) is 12.6. The number of ether oxygens (including phenoxy) is 1. The summed E-state index contributed by atoms with van der Waals surface area (Å²) >= 11 is 0. The minimum Gasteiger partial charge on any atom is -0.457 e. The third kappa shape index (κ3) is 2.02. The number of fused-ring (bicyclic) bond motifs is 1. The normalized spacial score (nSPS) is 11.1. The van der Waals surface area contributed by atoms with Gasteiger partial charge in [-0.15, -0.1) is 0 Å². The molecule has 3 nitrogen and oxygen atoms in total. The molecule has 1 heterocycles. The molecule has 2 rings (SSSR count). The van der Waals surface area contributed by atoms with E-state index in [1.807, 2.05) is 0 Å². The number of aryl methyl sites for hydroxylation is 1. The number of benzene rings is 1. The second kappa shape index (κ2) is 4.20. The molecule has 0 spiro atoms. The maximum absolute atomic E-state index is 13.5. The summed E-state index contributed by atoms with van der Waals surface area (Å²) in [5.74, 6) is -0.971. The number of furan rings is 1. The van der Waals surface area contributed by atoms with Gasteiger partial charge < -0.3 is 9.15 Å². The van der Waals surface area contributed by atoms with Crippen molar-refractivity contribution in [3.05, 3.63) is 35.3 Å². The van der Waals surface area contributed by atoms with Crippen LogP contribution in [0.2, 0.25) is 0 Å². The van der Waals surface area contributed by atoms with Gasteiger partial charge in [0.15, 0.2) is 11.4 Å². The van der Waals surface area contributed by atoms with Crippen LogP contribution < -0.4 is 0 Å². The van der Waals surface area contributed by atoms with Gasteiger partial charge in [-0.3, -0.25) is 0 Å². The van der Waals surface area contributed by atoms with Crippen LogP contribution in [-0.4, -0.2) is 12.1 Å². The van der Waals surface area contributed by atoms with E-state index in [4.69, 9.17) is 9.15 Å². The summed E-state index contributed by atoms with van der Waals surface area (Å²) in [7, 11) is 0. The van der Waals surface area contributed by atoms with Crippen LogP contribution in [-0.2, 0) is 4.74 Å². The molecule has 0 N–H and O–H groups in total. The van der Waals surface area contributed by atoms with E-state index in [-0.39, 0.29) is 17.4 Å². The van der Waals surface area contributed by atoms with Crippen LogP contribution in [0.15, 0.2) is 22.6 Å². The molecule has 0 aliphatic carbocycles. The topological polar surface area (TPSA) is 39.4 Å². The van der Waals surface area contributed by atoms with Crippen molar-refractivity contribution in [2.45, 2.75) is 26.9 Å². The maximum atomic E-state index is 13.5. The lowest BCUT2D eigenvalue weighted by Gasteiger charge is -2.05. The van der Waals surface area contributed by atoms with E-state index < -0.39 is 11.8 Å². The van der Waals surface area contributed by atoms with Gasteiger partial charge in [-0.2, -0.15) is 0 Å². The van der Waals surface area contributed by atoms with Crippen LogP contribution in [0.1, 0.15) is 30.0 Å². The summed E-state index contributed by atoms with van der Waals surface area (Å²) in [5.41, 5.74) is 0.700. The predicted molar refractivity (Wildman–Crippen MR) is 61.5 cm³/mol. The molecule has 0 fully saturated rings. The fourth-order valence-corrected chi connectivity index (χ4v) is 1.67. The minimum absolute atomic E-state index is 0.0683. The average molecular weight is 236 g/mol. The molecule has 0 atom stereocenters. The number of para-hydroxylation sites is 1. The first-order chi connectivity index (χ1) is 8.00. The molecule has 1 aromatic carbocycles. The Morgan fingerprint density at radius 2 is 2.12 bits per heavy atom. The highest BCUT2D eigenvalue weighted by atomic mass is 19.1. The lowest BCUT2D eigenvalue weighted by molar-refractivity contribution is 0.0342. The summed E-state index contributed by atoms with van der Waals surface area (Å²) in [5, 5.41) is 0.598. The molecule has 0 amide bonds. The number of halogens is 1. The Balaban J connectivity index is 2.52. The zero-order valence-electron chi connectivity index (χ0n) is 9.91. The highest BCUT2D eigenvalue weighted by Gasteiger charge is 2.21. The van der Waals surface area contributed by atoms with Gasteiger partial charge in [0.25, 0.3) is 0 Å². The Hall–Kier alpha value is -1.84. The number of hydrogen-bond acceptors (Lipinski definition) is 3. The summed E-state index contributed by atoms with van der Waals surface area (Å²) in [6.45, 7) is 5.20. The average Bonchev–Trinajstić information content (AvgIpc) is 2.57. The summed E-state index contributed by atoms with van der Waals surface area (Å²) in [6.07, 6.45) is -0.236. The predicted octanol–water partition coefficient (Wildman–Crippen LogP) is 3.45. The van der Waals surface area contributed by atoms with E-state index in [1.54, 1.807) is 32.9 Å². The quantitative estimate of drug-likeness (QED) is 0.750. The van der Waals surface area contributed by atoms with Crippen LogP contribution in [0.4, 0.5) is 4.39 Å². The van der Waals surface area contributed by atoms with E-state index >= 15 is 0 Å². The SMILES string of the molecule is Cc1c(C(=O)OC(C)C)oc2c(F)cccc12. The van der Waals surface area contributed by atoms with Crippen LogP contribution in [0.3, 0.4) is 0 Å². The molecule has 0 unspecified atom stereocenters. The second-order valence-corrected chi connectivity index (χ2v) is 4.13. The molecule has 17 heavy (non-hydrogen) atoms. The lowest BCUT2D eigenvalue weighted by Crippen LogP contribution is -2.11. The molecule has 0 bridgehead atoms.